The molecule has 0 saturated heterocycles. The third kappa shape index (κ3) is 2.34. The maximum Gasteiger partial charge on any atom is 0.102 e. The minimum atomic E-state index is -1.02. The molecular formula is C11H12BrNO. The van der Waals surface area contributed by atoms with Crippen molar-refractivity contribution in [2.75, 3.05) is 0 Å². The van der Waals surface area contributed by atoms with Crippen molar-refractivity contribution < 1.29 is 5.11 Å². The molecule has 1 unspecified atom stereocenters. The summed E-state index contributed by atoms with van der Waals surface area (Å²) in [5, 5.41) is 18.8. The molecule has 0 radical (unpaired) electrons. The van der Waals surface area contributed by atoms with Crippen molar-refractivity contribution in [1.29, 1.82) is 5.26 Å². The molecule has 2 nitrogen and oxygen atoms in total. The molecule has 74 valence electrons. The summed E-state index contributed by atoms with van der Waals surface area (Å²) in [5.41, 5.74) is -0.227. The van der Waals surface area contributed by atoms with Crippen LogP contribution < -0.4 is 0 Å². The van der Waals surface area contributed by atoms with Gasteiger partial charge in [0.25, 0.3) is 0 Å². The number of hydrogen-bond acceptors (Lipinski definition) is 2. The Balaban J connectivity index is 3.07. The number of nitrogens with zero attached hydrogens (tertiary/aromatic N) is 1. The van der Waals surface area contributed by atoms with Crippen LogP contribution in [0.15, 0.2) is 28.7 Å². The smallest absolute Gasteiger partial charge is 0.102 e. The van der Waals surface area contributed by atoms with Gasteiger partial charge in [0.1, 0.15) is 5.60 Å². The molecule has 0 aliphatic rings. The van der Waals surface area contributed by atoms with Crippen LogP contribution in [0.4, 0.5) is 0 Å². The molecule has 1 N–H and O–H groups in total. The Morgan fingerprint density at radius 1 is 1.57 bits per heavy atom. The number of benzene rings is 1. The van der Waals surface area contributed by atoms with Gasteiger partial charge in [-0.15, -0.1) is 0 Å². The summed E-state index contributed by atoms with van der Waals surface area (Å²) < 4.78 is 0.916. The third-order valence-corrected chi connectivity index (χ3v) is 2.81. The zero-order valence-corrected chi connectivity index (χ0v) is 9.58. The van der Waals surface area contributed by atoms with Crippen LogP contribution >= 0.6 is 15.9 Å². The molecule has 0 spiro atoms. The van der Waals surface area contributed by atoms with E-state index in [2.05, 4.69) is 15.9 Å². The Kier molecular flexibility index (Phi) is 3.68. The molecular weight excluding hydrogens is 242 g/mol. The minimum Gasteiger partial charge on any atom is -0.384 e. The number of halogens is 1. The van der Waals surface area contributed by atoms with Crippen LogP contribution in [0.3, 0.4) is 0 Å². The van der Waals surface area contributed by atoms with Crippen LogP contribution in [-0.4, -0.2) is 5.11 Å². The Bertz CT molecular complexity index is 359. The van der Waals surface area contributed by atoms with Gasteiger partial charge in [-0.3, -0.25) is 0 Å². The first-order chi connectivity index (χ1) is 6.62. The van der Waals surface area contributed by atoms with Crippen LogP contribution in [-0.2, 0) is 5.60 Å². The molecule has 1 atom stereocenters. The molecule has 0 aliphatic heterocycles. The summed E-state index contributed by atoms with van der Waals surface area (Å²) in [6, 6.07) is 9.45. The van der Waals surface area contributed by atoms with Crippen molar-refractivity contribution in [2.24, 2.45) is 0 Å². The van der Waals surface area contributed by atoms with Crippen molar-refractivity contribution >= 4 is 15.9 Å². The lowest BCUT2D eigenvalue weighted by Crippen LogP contribution is -2.23. The van der Waals surface area contributed by atoms with E-state index in [1.54, 1.807) is 0 Å². The Labute approximate surface area is 92.3 Å². The first-order valence-electron chi connectivity index (χ1n) is 4.48. The van der Waals surface area contributed by atoms with Gasteiger partial charge in [0.2, 0.25) is 0 Å². The van der Waals surface area contributed by atoms with Crippen LogP contribution in [0.2, 0.25) is 0 Å². The van der Waals surface area contributed by atoms with E-state index in [1.165, 1.54) is 0 Å². The first-order valence-corrected chi connectivity index (χ1v) is 5.27. The molecule has 1 aromatic carbocycles. The van der Waals surface area contributed by atoms with Crippen molar-refractivity contribution in [3.63, 3.8) is 0 Å². The highest BCUT2D eigenvalue weighted by Gasteiger charge is 2.26. The fourth-order valence-corrected chi connectivity index (χ4v) is 1.74. The van der Waals surface area contributed by atoms with E-state index in [4.69, 9.17) is 5.26 Å². The van der Waals surface area contributed by atoms with Gasteiger partial charge in [0.05, 0.1) is 12.5 Å². The number of hydrogen-bond donors (Lipinski definition) is 1. The molecule has 0 aliphatic carbocycles. The van der Waals surface area contributed by atoms with Crippen molar-refractivity contribution in [1.82, 2.24) is 0 Å². The first kappa shape index (κ1) is 11.2. The van der Waals surface area contributed by atoms with Gasteiger partial charge in [-0.2, -0.15) is 5.26 Å². The zero-order valence-electron chi connectivity index (χ0n) is 8.00. The molecule has 0 aromatic heterocycles. The van der Waals surface area contributed by atoms with Crippen molar-refractivity contribution in [3.8, 4) is 6.07 Å². The molecule has 3 heteroatoms. The van der Waals surface area contributed by atoms with E-state index in [1.807, 2.05) is 37.3 Å². The number of nitriles is 1. The van der Waals surface area contributed by atoms with Crippen LogP contribution in [0, 0.1) is 11.3 Å². The molecule has 0 bridgehead atoms. The highest BCUT2D eigenvalue weighted by Crippen LogP contribution is 2.29. The number of rotatable bonds is 3. The van der Waals surface area contributed by atoms with E-state index in [-0.39, 0.29) is 6.42 Å². The monoisotopic (exact) mass is 253 g/mol. The van der Waals surface area contributed by atoms with Crippen LogP contribution in [0.1, 0.15) is 25.3 Å². The fraction of sp³-hybridized carbons (Fsp3) is 0.364. The lowest BCUT2D eigenvalue weighted by atomic mass is 9.89. The maximum absolute atomic E-state index is 10.2. The molecule has 1 rings (SSSR count). The standard InChI is InChI=1S/C11H12BrNO/c1-2-11(14,6-7-13)9-4-3-5-10(12)8-9/h3-5,8,14H,2,6H2,1H3. The normalized spacial score (nSPS) is 14.4. The zero-order chi connectivity index (χ0) is 10.6. The Hall–Kier alpha value is -0.850. The van der Waals surface area contributed by atoms with Crippen LogP contribution in [0.5, 0.6) is 0 Å². The third-order valence-electron chi connectivity index (χ3n) is 2.32. The van der Waals surface area contributed by atoms with Crippen molar-refractivity contribution in [3.05, 3.63) is 34.3 Å². The number of aliphatic hydroxyl groups is 1. The Morgan fingerprint density at radius 3 is 2.79 bits per heavy atom. The molecule has 14 heavy (non-hydrogen) atoms. The average Bonchev–Trinajstić information content (AvgIpc) is 2.18. The molecule has 0 amide bonds. The summed E-state index contributed by atoms with van der Waals surface area (Å²) in [5.74, 6) is 0. The quantitative estimate of drug-likeness (QED) is 0.901. The van der Waals surface area contributed by atoms with Gasteiger partial charge in [-0.1, -0.05) is 35.0 Å². The summed E-state index contributed by atoms with van der Waals surface area (Å²) in [4.78, 5) is 0. The van der Waals surface area contributed by atoms with Gasteiger partial charge >= 0.3 is 0 Å². The lowest BCUT2D eigenvalue weighted by molar-refractivity contribution is 0.0373. The van der Waals surface area contributed by atoms with E-state index in [0.29, 0.717) is 6.42 Å². The second-order valence-electron chi connectivity index (χ2n) is 3.23. The SMILES string of the molecule is CCC(O)(CC#N)c1cccc(Br)c1. The van der Waals surface area contributed by atoms with Gasteiger partial charge in [0.15, 0.2) is 0 Å². The predicted molar refractivity (Wildman–Crippen MR) is 58.6 cm³/mol. The van der Waals surface area contributed by atoms with Crippen molar-refractivity contribution in [2.45, 2.75) is 25.4 Å². The predicted octanol–water partition coefficient (Wildman–Crippen LogP) is 2.96. The minimum absolute atomic E-state index is 0.125. The van der Waals surface area contributed by atoms with Gasteiger partial charge in [0, 0.05) is 4.47 Å². The lowest BCUT2D eigenvalue weighted by Gasteiger charge is -2.24. The maximum atomic E-state index is 10.2. The molecule has 1 aromatic rings. The average molecular weight is 254 g/mol. The molecule has 0 heterocycles. The molecule has 0 saturated carbocycles. The largest absolute Gasteiger partial charge is 0.384 e. The summed E-state index contributed by atoms with van der Waals surface area (Å²) in [6.07, 6.45) is 0.664. The Morgan fingerprint density at radius 2 is 2.29 bits per heavy atom. The second-order valence-corrected chi connectivity index (χ2v) is 4.15. The van der Waals surface area contributed by atoms with E-state index in [9.17, 15) is 5.11 Å². The highest BCUT2D eigenvalue weighted by molar-refractivity contribution is 9.10. The van der Waals surface area contributed by atoms with E-state index in [0.717, 1.165) is 10.0 Å². The van der Waals surface area contributed by atoms with Crippen LogP contribution in [0.25, 0.3) is 0 Å². The summed E-state index contributed by atoms with van der Waals surface area (Å²) in [7, 11) is 0. The molecule has 0 fully saturated rings. The topological polar surface area (TPSA) is 44.0 Å². The van der Waals surface area contributed by atoms with E-state index < -0.39 is 5.60 Å². The van der Waals surface area contributed by atoms with Gasteiger partial charge in [-0.05, 0) is 24.1 Å². The fourth-order valence-electron chi connectivity index (χ4n) is 1.34. The van der Waals surface area contributed by atoms with Gasteiger partial charge in [-0.25, -0.2) is 0 Å². The van der Waals surface area contributed by atoms with E-state index >= 15 is 0 Å². The second kappa shape index (κ2) is 4.59. The van der Waals surface area contributed by atoms with Gasteiger partial charge < -0.3 is 5.11 Å². The highest BCUT2D eigenvalue weighted by atomic mass is 79.9. The summed E-state index contributed by atoms with van der Waals surface area (Å²) >= 11 is 3.34. The summed E-state index contributed by atoms with van der Waals surface area (Å²) in [6.45, 7) is 1.87.